The van der Waals surface area contributed by atoms with E-state index < -0.39 is 5.97 Å². The van der Waals surface area contributed by atoms with Crippen molar-refractivity contribution in [3.05, 3.63) is 64.8 Å². The number of methoxy groups -OCH3 is 1. The first-order chi connectivity index (χ1) is 12.2. The van der Waals surface area contributed by atoms with Gasteiger partial charge < -0.3 is 14.4 Å². The highest BCUT2D eigenvalue weighted by Crippen LogP contribution is 2.35. The molecule has 0 spiro atoms. The second kappa shape index (κ2) is 6.48. The Bertz CT molecular complexity index is 961. The van der Waals surface area contributed by atoms with E-state index in [1.54, 1.807) is 19.2 Å². The molecule has 0 fully saturated rings. The van der Waals surface area contributed by atoms with Gasteiger partial charge in [0.2, 0.25) is 0 Å². The topological polar surface area (TPSA) is 51.5 Å². The monoisotopic (exact) mass is 353 g/mol. The van der Waals surface area contributed by atoms with Gasteiger partial charge in [-0.1, -0.05) is 24.3 Å². The van der Waals surface area contributed by atoms with Crippen molar-refractivity contribution < 1.29 is 14.6 Å². The quantitative estimate of drug-likeness (QED) is 0.764. The first-order valence-electron chi connectivity index (χ1n) is 8.26. The van der Waals surface area contributed by atoms with E-state index in [4.69, 9.17) is 4.74 Å². The lowest BCUT2D eigenvalue weighted by Gasteiger charge is -2.18. The molecule has 1 aliphatic heterocycles. The maximum absolute atomic E-state index is 11.7. The number of thioether (sulfide) groups is 1. The van der Waals surface area contributed by atoms with Gasteiger partial charge in [-0.25, -0.2) is 4.79 Å². The van der Waals surface area contributed by atoms with Crippen LogP contribution in [0, 0.1) is 0 Å². The Balaban J connectivity index is 1.92. The Morgan fingerprint density at radius 3 is 2.88 bits per heavy atom. The number of aromatic nitrogens is 1. The molecule has 1 N–H and O–H groups in total. The third-order valence-electron chi connectivity index (χ3n) is 4.82. The SMILES string of the molecule is COc1cccc(C(=O)O)c1Cn1c2c(c3ccccc31)CSCC2. The number of benzene rings is 2. The molecule has 4 rings (SSSR count). The number of aromatic carboxylic acids is 1. The molecular weight excluding hydrogens is 334 g/mol. The van der Waals surface area contributed by atoms with Crippen molar-refractivity contribution in [2.24, 2.45) is 0 Å². The van der Waals surface area contributed by atoms with E-state index in [9.17, 15) is 9.90 Å². The number of hydrogen-bond donors (Lipinski definition) is 1. The second-order valence-corrected chi connectivity index (χ2v) is 7.23. The molecule has 0 radical (unpaired) electrons. The minimum Gasteiger partial charge on any atom is -0.496 e. The molecule has 3 aromatic rings. The van der Waals surface area contributed by atoms with E-state index in [0.29, 0.717) is 17.9 Å². The number of ether oxygens (including phenoxy) is 1. The number of para-hydroxylation sites is 1. The fourth-order valence-corrected chi connectivity index (χ4v) is 4.69. The van der Waals surface area contributed by atoms with Crippen LogP contribution < -0.4 is 4.74 Å². The summed E-state index contributed by atoms with van der Waals surface area (Å²) in [4.78, 5) is 11.7. The summed E-state index contributed by atoms with van der Waals surface area (Å²) in [6.45, 7) is 0.506. The molecule has 0 amide bonds. The summed E-state index contributed by atoms with van der Waals surface area (Å²) < 4.78 is 7.73. The molecule has 25 heavy (non-hydrogen) atoms. The molecule has 0 saturated carbocycles. The predicted octanol–water partition coefficient (Wildman–Crippen LogP) is 4.19. The first kappa shape index (κ1) is 16.1. The number of fused-ring (bicyclic) bond motifs is 3. The molecule has 1 aliphatic rings. The van der Waals surface area contributed by atoms with Gasteiger partial charge in [0.25, 0.3) is 0 Å². The van der Waals surface area contributed by atoms with Gasteiger partial charge in [-0.2, -0.15) is 11.8 Å². The van der Waals surface area contributed by atoms with Crippen LogP contribution in [0.25, 0.3) is 10.9 Å². The molecule has 0 unspecified atom stereocenters. The lowest BCUT2D eigenvalue weighted by Crippen LogP contribution is -2.13. The molecule has 0 aliphatic carbocycles. The minimum absolute atomic E-state index is 0.302. The van der Waals surface area contributed by atoms with Crippen LogP contribution in [0.5, 0.6) is 5.75 Å². The lowest BCUT2D eigenvalue weighted by molar-refractivity contribution is 0.0695. The summed E-state index contributed by atoms with van der Waals surface area (Å²) in [7, 11) is 1.59. The molecule has 2 aromatic carbocycles. The van der Waals surface area contributed by atoms with Crippen molar-refractivity contribution in [2.75, 3.05) is 12.9 Å². The van der Waals surface area contributed by atoms with Crippen LogP contribution in [0.2, 0.25) is 0 Å². The lowest BCUT2D eigenvalue weighted by atomic mass is 10.1. The summed E-state index contributed by atoms with van der Waals surface area (Å²) >= 11 is 1.96. The van der Waals surface area contributed by atoms with E-state index in [0.717, 1.165) is 29.0 Å². The number of rotatable bonds is 4. The fourth-order valence-electron chi connectivity index (χ4n) is 3.68. The normalized spacial score (nSPS) is 13.6. The number of nitrogens with zero attached hydrogens (tertiary/aromatic N) is 1. The van der Waals surface area contributed by atoms with Crippen molar-refractivity contribution in [1.82, 2.24) is 4.57 Å². The number of carboxylic acid groups (broad SMARTS) is 1. The van der Waals surface area contributed by atoms with E-state index >= 15 is 0 Å². The van der Waals surface area contributed by atoms with Crippen LogP contribution in [0.1, 0.15) is 27.2 Å². The Hall–Kier alpha value is -2.40. The number of carboxylic acids is 1. The molecule has 1 aromatic heterocycles. The van der Waals surface area contributed by atoms with Gasteiger partial charge in [0, 0.05) is 27.9 Å². The van der Waals surface area contributed by atoms with Gasteiger partial charge in [-0.05, 0) is 35.9 Å². The van der Waals surface area contributed by atoms with Gasteiger partial charge in [0.1, 0.15) is 5.75 Å². The summed E-state index contributed by atoms with van der Waals surface area (Å²) in [5, 5.41) is 10.9. The Morgan fingerprint density at radius 1 is 1.24 bits per heavy atom. The van der Waals surface area contributed by atoms with Crippen molar-refractivity contribution in [1.29, 1.82) is 0 Å². The highest BCUT2D eigenvalue weighted by Gasteiger charge is 2.22. The summed E-state index contributed by atoms with van der Waals surface area (Å²) in [6, 6.07) is 13.6. The van der Waals surface area contributed by atoms with Crippen LogP contribution in [-0.2, 0) is 18.7 Å². The molecule has 2 heterocycles. The third-order valence-corrected chi connectivity index (χ3v) is 5.81. The van der Waals surface area contributed by atoms with Crippen molar-refractivity contribution in [2.45, 2.75) is 18.7 Å². The van der Waals surface area contributed by atoms with Gasteiger partial charge in [-0.15, -0.1) is 0 Å². The van der Waals surface area contributed by atoms with E-state index in [-0.39, 0.29) is 0 Å². The van der Waals surface area contributed by atoms with E-state index in [1.165, 1.54) is 16.6 Å². The average molecular weight is 353 g/mol. The van der Waals surface area contributed by atoms with Crippen molar-refractivity contribution in [3.8, 4) is 5.75 Å². The Labute approximate surface area is 150 Å². The van der Waals surface area contributed by atoms with E-state index in [1.807, 2.05) is 23.9 Å². The van der Waals surface area contributed by atoms with Crippen LogP contribution in [-0.4, -0.2) is 28.5 Å². The standard InChI is InChI=1S/C20H19NO3S/c1-24-19-8-4-6-14(20(22)23)15(19)11-21-17-7-3-2-5-13(17)16-12-25-10-9-18(16)21/h2-8H,9-12H2,1H3,(H,22,23). The Kier molecular flexibility index (Phi) is 4.17. The molecule has 4 nitrogen and oxygen atoms in total. The van der Waals surface area contributed by atoms with E-state index in [2.05, 4.69) is 22.8 Å². The van der Waals surface area contributed by atoms with Crippen molar-refractivity contribution >= 4 is 28.6 Å². The average Bonchev–Trinajstić information content (AvgIpc) is 2.96. The van der Waals surface area contributed by atoms with Crippen LogP contribution >= 0.6 is 11.8 Å². The van der Waals surface area contributed by atoms with Gasteiger partial charge in [0.15, 0.2) is 0 Å². The fraction of sp³-hybridized carbons (Fsp3) is 0.250. The highest BCUT2D eigenvalue weighted by molar-refractivity contribution is 7.98. The number of carbonyl (C=O) groups is 1. The summed E-state index contributed by atoms with van der Waals surface area (Å²) in [6.07, 6.45) is 1.01. The van der Waals surface area contributed by atoms with Gasteiger partial charge in [-0.3, -0.25) is 0 Å². The van der Waals surface area contributed by atoms with Crippen LogP contribution in [0.3, 0.4) is 0 Å². The van der Waals surface area contributed by atoms with Crippen LogP contribution in [0.15, 0.2) is 42.5 Å². The second-order valence-electron chi connectivity index (χ2n) is 6.12. The smallest absolute Gasteiger partial charge is 0.336 e. The highest BCUT2D eigenvalue weighted by atomic mass is 32.2. The Morgan fingerprint density at radius 2 is 2.08 bits per heavy atom. The molecule has 0 saturated heterocycles. The molecule has 0 atom stereocenters. The summed E-state index contributed by atoms with van der Waals surface area (Å²) in [5.41, 5.74) is 4.90. The molecule has 5 heteroatoms. The van der Waals surface area contributed by atoms with Crippen molar-refractivity contribution in [3.63, 3.8) is 0 Å². The zero-order chi connectivity index (χ0) is 17.4. The molecular formula is C20H19NO3S. The van der Waals surface area contributed by atoms with Gasteiger partial charge in [0.05, 0.1) is 19.2 Å². The maximum Gasteiger partial charge on any atom is 0.336 e. The number of hydrogen-bond acceptors (Lipinski definition) is 3. The molecule has 0 bridgehead atoms. The molecule has 128 valence electrons. The summed E-state index contributed by atoms with van der Waals surface area (Å²) in [5.74, 6) is 1.81. The zero-order valence-corrected chi connectivity index (χ0v) is 14.8. The van der Waals surface area contributed by atoms with Crippen LogP contribution in [0.4, 0.5) is 0 Å². The first-order valence-corrected chi connectivity index (χ1v) is 9.42. The zero-order valence-electron chi connectivity index (χ0n) is 14.0. The predicted molar refractivity (Wildman–Crippen MR) is 101 cm³/mol. The van der Waals surface area contributed by atoms with Gasteiger partial charge >= 0.3 is 5.97 Å². The minimum atomic E-state index is -0.921. The maximum atomic E-state index is 11.7. The third kappa shape index (κ3) is 2.68. The largest absolute Gasteiger partial charge is 0.496 e.